The molecule has 0 bridgehead atoms. The second kappa shape index (κ2) is 4.85. The van der Waals surface area contributed by atoms with Gasteiger partial charge in [-0.05, 0) is 24.1 Å². The Morgan fingerprint density at radius 1 is 1.40 bits per heavy atom. The van der Waals surface area contributed by atoms with Crippen LogP contribution < -0.4 is 10.1 Å². The summed E-state index contributed by atoms with van der Waals surface area (Å²) in [5.41, 5.74) is 2.37. The van der Waals surface area contributed by atoms with Crippen molar-refractivity contribution < 1.29 is 9.53 Å². The molecular formula is C16H20N2O2. The highest BCUT2D eigenvalue weighted by atomic mass is 16.5. The van der Waals surface area contributed by atoms with E-state index in [2.05, 4.69) is 28.9 Å². The van der Waals surface area contributed by atoms with Gasteiger partial charge in [-0.3, -0.25) is 4.79 Å². The van der Waals surface area contributed by atoms with Crippen LogP contribution in [0.5, 0.6) is 5.75 Å². The molecule has 0 saturated carbocycles. The third-order valence-corrected chi connectivity index (χ3v) is 4.44. The summed E-state index contributed by atoms with van der Waals surface area (Å²) < 4.78 is 5.16. The fourth-order valence-electron chi connectivity index (χ4n) is 3.18. The predicted octanol–water partition coefficient (Wildman–Crippen LogP) is 1.92. The van der Waals surface area contributed by atoms with Gasteiger partial charge in [-0.1, -0.05) is 18.7 Å². The van der Waals surface area contributed by atoms with E-state index in [1.807, 2.05) is 12.1 Å². The van der Waals surface area contributed by atoms with Crippen LogP contribution in [0.1, 0.15) is 18.4 Å². The third-order valence-electron chi connectivity index (χ3n) is 4.44. The van der Waals surface area contributed by atoms with Gasteiger partial charge in [-0.25, -0.2) is 0 Å². The lowest BCUT2D eigenvalue weighted by molar-refractivity contribution is -0.128. The zero-order valence-corrected chi connectivity index (χ0v) is 11.8. The van der Waals surface area contributed by atoms with Crippen molar-refractivity contribution in [1.82, 2.24) is 10.2 Å². The minimum absolute atomic E-state index is 0.0226. The Labute approximate surface area is 119 Å². The van der Waals surface area contributed by atoms with Crippen LogP contribution in [0.25, 0.3) is 0 Å². The zero-order valence-electron chi connectivity index (χ0n) is 11.8. The Morgan fingerprint density at radius 3 is 2.75 bits per heavy atom. The van der Waals surface area contributed by atoms with Crippen molar-refractivity contribution in [1.29, 1.82) is 0 Å². The normalized spacial score (nSPS) is 25.4. The van der Waals surface area contributed by atoms with Gasteiger partial charge in [0, 0.05) is 37.2 Å². The Hall–Kier alpha value is -1.97. The number of amides is 1. The maximum atomic E-state index is 11.6. The van der Waals surface area contributed by atoms with Gasteiger partial charge in [-0.15, -0.1) is 0 Å². The van der Waals surface area contributed by atoms with Gasteiger partial charge in [0.1, 0.15) is 5.75 Å². The number of benzene rings is 1. The van der Waals surface area contributed by atoms with E-state index < -0.39 is 0 Å². The van der Waals surface area contributed by atoms with Crippen LogP contribution in [-0.4, -0.2) is 31.0 Å². The topological polar surface area (TPSA) is 41.6 Å². The fraction of sp³-hybridized carbons (Fsp3) is 0.438. The second-order valence-electron chi connectivity index (χ2n) is 5.71. The summed E-state index contributed by atoms with van der Waals surface area (Å²) in [6, 6.07) is 8.10. The minimum Gasteiger partial charge on any atom is -0.497 e. The Balaban J connectivity index is 1.63. The number of piperidine rings is 1. The summed E-state index contributed by atoms with van der Waals surface area (Å²) in [4.78, 5) is 13.8. The lowest BCUT2D eigenvalue weighted by Crippen LogP contribution is -2.58. The molecule has 20 heavy (non-hydrogen) atoms. The summed E-state index contributed by atoms with van der Waals surface area (Å²) in [6.45, 7) is 6.77. The van der Waals surface area contributed by atoms with E-state index in [0.717, 1.165) is 37.5 Å². The molecule has 2 aliphatic rings. The number of ether oxygens (including phenoxy) is 1. The van der Waals surface area contributed by atoms with Crippen LogP contribution in [-0.2, 0) is 11.3 Å². The number of likely N-dealkylation sites (tertiary alicyclic amines) is 1. The van der Waals surface area contributed by atoms with Gasteiger partial charge >= 0.3 is 0 Å². The molecule has 2 heterocycles. The predicted molar refractivity (Wildman–Crippen MR) is 77.2 cm³/mol. The van der Waals surface area contributed by atoms with Gasteiger partial charge in [-0.2, -0.15) is 0 Å². The average molecular weight is 272 g/mol. The van der Waals surface area contributed by atoms with Crippen LogP contribution in [0.15, 0.2) is 36.5 Å². The van der Waals surface area contributed by atoms with E-state index in [1.54, 1.807) is 7.11 Å². The van der Waals surface area contributed by atoms with Crippen LogP contribution in [0.4, 0.5) is 0 Å². The van der Waals surface area contributed by atoms with Gasteiger partial charge < -0.3 is 15.0 Å². The summed E-state index contributed by atoms with van der Waals surface area (Å²) in [6.07, 6.45) is 1.60. The highest BCUT2D eigenvalue weighted by molar-refractivity contribution is 5.78. The summed E-state index contributed by atoms with van der Waals surface area (Å²) in [7, 11) is 1.67. The van der Waals surface area contributed by atoms with Gasteiger partial charge in [0.25, 0.3) is 0 Å². The number of rotatable bonds is 3. The van der Waals surface area contributed by atoms with Crippen molar-refractivity contribution in [3.8, 4) is 5.75 Å². The first-order valence-electron chi connectivity index (χ1n) is 6.97. The molecule has 1 N–H and O–H groups in total. The van der Waals surface area contributed by atoms with Gasteiger partial charge in [0.2, 0.25) is 5.91 Å². The minimum atomic E-state index is 0.0226. The first kappa shape index (κ1) is 13.0. The molecule has 0 aliphatic carbocycles. The molecule has 1 aromatic carbocycles. The Morgan fingerprint density at radius 2 is 2.15 bits per heavy atom. The van der Waals surface area contributed by atoms with Crippen LogP contribution in [0, 0.1) is 5.41 Å². The molecule has 0 aromatic heterocycles. The Bertz CT molecular complexity index is 538. The number of nitrogens with one attached hydrogen (secondary N) is 1. The third kappa shape index (κ3) is 2.15. The molecule has 4 heteroatoms. The second-order valence-corrected chi connectivity index (χ2v) is 5.71. The van der Waals surface area contributed by atoms with E-state index in [1.165, 1.54) is 5.56 Å². The van der Waals surface area contributed by atoms with E-state index >= 15 is 0 Å². The monoisotopic (exact) mass is 272 g/mol. The van der Waals surface area contributed by atoms with E-state index in [4.69, 9.17) is 4.74 Å². The van der Waals surface area contributed by atoms with Crippen molar-refractivity contribution in [2.75, 3.05) is 20.2 Å². The molecular weight excluding hydrogens is 252 g/mol. The van der Waals surface area contributed by atoms with Gasteiger partial charge in [0.15, 0.2) is 0 Å². The van der Waals surface area contributed by atoms with Crippen molar-refractivity contribution >= 4 is 5.91 Å². The van der Waals surface area contributed by atoms with Crippen LogP contribution in [0.3, 0.4) is 0 Å². The molecule has 106 valence electrons. The average Bonchev–Trinajstić information content (AvgIpc) is 2.47. The largest absolute Gasteiger partial charge is 0.497 e. The first-order valence-corrected chi connectivity index (χ1v) is 6.97. The smallest absolute Gasteiger partial charge is 0.221 e. The number of nitrogens with zero attached hydrogens (tertiary/aromatic N) is 1. The summed E-state index contributed by atoms with van der Waals surface area (Å²) in [5.74, 6) is 1.03. The van der Waals surface area contributed by atoms with Crippen molar-refractivity contribution in [3.05, 3.63) is 42.1 Å². The van der Waals surface area contributed by atoms with Crippen molar-refractivity contribution in [2.24, 2.45) is 5.41 Å². The molecule has 1 unspecified atom stereocenters. The number of methoxy groups -OCH3 is 1. The Kier molecular flexibility index (Phi) is 3.16. The number of hydrogen-bond donors (Lipinski definition) is 1. The van der Waals surface area contributed by atoms with E-state index in [0.29, 0.717) is 6.42 Å². The van der Waals surface area contributed by atoms with E-state index in [9.17, 15) is 4.79 Å². The maximum Gasteiger partial charge on any atom is 0.221 e. The van der Waals surface area contributed by atoms with Crippen molar-refractivity contribution in [3.63, 3.8) is 0 Å². The molecule has 2 fully saturated rings. The molecule has 1 spiro atoms. The zero-order chi connectivity index (χ0) is 14.2. The molecule has 2 saturated heterocycles. The highest BCUT2D eigenvalue weighted by Crippen LogP contribution is 2.47. The lowest BCUT2D eigenvalue weighted by Gasteiger charge is -2.55. The van der Waals surface area contributed by atoms with E-state index in [-0.39, 0.29) is 11.3 Å². The van der Waals surface area contributed by atoms with Crippen molar-refractivity contribution in [2.45, 2.75) is 19.4 Å². The number of hydrogen-bond acceptors (Lipinski definition) is 3. The number of carbonyl (C=O) groups excluding carboxylic acids is 1. The van der Waals surface area contributed by atoms with Crippen LogP contribution >= 0.6 is 0 Å². The first-order chi connectivity index (χ1) is 9.63. The fourth-order valence-corrected chi connectivity index (χ4v) is 3.18. The molecule has 1 amide bonds. The van der Waals surface area contributed by atoms with Crippen LogP contribution in [0.2, 0.25) is 0 Å². The summed E-state index contributed by atoms with van der Waals surface area (Å²) >= 11 is 0. The molecule has 4 nitrogen and oxygen atoms in total. The standard InChI is InChI=1S/C16H20N2O2/c1-12-16(7-8-17-15(19)9-16)11-18(12)10-13-3-5-14(20-2)6-4-13/h3-6H,1,7-11H2,2H3,(H,17,19). The highest BCUT2D eigenvalue weighted by Gasteiger charge is 2.48. The quantitative estimate of drug-likeness (QED) is 0.914. The van der Waals surface area contributed by atoms with Gasteiger partial charge in [0.05, 0.1) is 7.11 Å². The maximum absolute atomic E-state index is 11.6. The molecule has 0 radical (unpaired) electrons. The SMILES string of the molecule is C=C1N(Cc2ccc(OC)cc2)CC12CCNC(=O)C2. The molecule has 2 aliphatic heterocycles. The molecule has 3 rings (SSSR count). The molecule has 1 atom stereocenters. The molecule has 1 aromatic rings. The lowest BCUT2D eigenvalue weighted by atomic mass is 9.69. The number of carbonyl (C=O) groups is 1. The summed E-state index contributed by atoms with van der Waals surface area (Å²) in [5, 5.41) is 2.89.